The van der Waals surface area contributed by atoms with Gasteiger partial charge in [0.05, 0.1) is 6.20 Å². The molecule has 0 aliphatic carbocycles. The second-order valence-electron chi connectivity index (χ2n) is 3.14. The molecule has 1 N–H and O–H groups in total. The van der Waals surface area contributed by atoms with Crippen LogP contribution in [0, 0.1) is 6.92 Å². The number of carbonyl (C=O) groups is 1. The lowest BCUT2D eigenvalue weighted by Gasteiger charge is -1.99. The predicted molar refractivity (Wildman–Crippen MR) is 57.1 cm³/mol. The SMILES string of the molecule is Cc1cnc2c(NC(=O)CCl)cnn2c1. The van der Waals surface area contributed by atoms with Gasteiger partial charge in [-0.1, -0.05) is 0 Å². The third-order valence-corrected chi connectivity index (χ3v) is 2.12. The largest absolute Gasteiger partial charge is 0.321 e. The van der Waals surface area contributed by atoms with Crippen molar-refractivity contribution in [3.05, 3.63) is 24.2 Å². The Labute approximate surface area is 91.1 Å². The van der Waals surface area contributed by atoms with Crippen LogP contribution in [0.5, 0.6) is 0 Å². The zero-order valence-corrected chi connectivity index (χ0v) is 8.82. The Morgan fingerprint density at radius 2 is 2.40 bits per heavy atom. The average Bonchev–Trinajstić information content (AvgIpc) is 2.60. The zero-order chi connectivity index (χ0) is 10.8. The topological polar surface area (TPSA) is 59.3 Å². The lowest BCUT2D eigenvalue weighted by molar-refractivity contribution is -0.113. The van der Waals surface area contributed by atoms with Crippen LogP contribution in [0.4, 0.5) is 5.69 Å². The van der Waals surface area contributed by atoms with Gasteiger partial charge in [-0.05, 0) is 12.5 Å². The van der Waals surface area contributed by atoms with E-state index in [1.54, 1.807) is 16.9 Å². The van der Waals surface area contributed by atoms with Crippen molar-refractivity contribution in [2.24, 2.45) is 0 Å². The van der Waals surface area contributed by atoms with E-state index in [9.17, 15) is 4.79 Å². The number of aryl methyl sites for hydroxylation is 1. The molecule has 78 valence electrons. The molecule has 0 saturated carbocycles. The lowest BCUT2D eigenvalue weighted by Crippen LogP contribution is -2.12. The van der Waals surface area contributed by atoms with Crippen molar-refractivity contribution >= 4 is 28.8 Å². The summed E-state index contributed by atoms with van der Waals surface area (Å²) in [5.74, 6) is -0.350. The van der Waals surface area contributed by atoms with Crippen LogP contribution in [-0.4, -0.2) is 26.4 Å². The van der Waals surface area contributed by atoms with Crippen LogP contribution in [0.2, 0.25) is 0 Å². The molecule has 0 spiro atoms. The second kappa shape index (κ2) is 3.86. The van der Waals surface area contributed by atoms with Gasteiger partial charge in [0.15, 0.2) is 5.65 Å². The second-order valence-corrected chi connectivity index (χ2v) is 3.41. The van der Waals surface area contributed by atoms with Crippen LogP contribution < -0.4 is 5.32 Å². The van der Waals surface area contributed by atoms with Crippen molar-refractivity contribution < 1.29 is 4.79 Å². The fourth-order valence-electron chi connectivity index (χ4n) is 1.24. The van der Waals surface area contributed by atoms with Gasteiger partial charge < -0.3 is 5.32 Å². The van der Waals surface area contributed by atoms with E-state index >= 15 is 0 Å². The van der Waals surface area contributed by atoms with Gasteiger partial charge in [0.25, 0.3) is 0 Å². The van der Waals surface area contributed by atoms with Crippen molar-refractivity contribution in [3.8, 4) is 0 Å². The summed E-state index contributed by atoms with van der Waals surface area (Å²) in [5.41, 5.74) is 2.18. The number of hydrogen-bond acceptors (Lipinski definition) is 3. The molecule has 1 amide bonds. The molecule has 0 aliphatic heterocycles. The Morgan fingerprint density at radius 1 is 1.60 bits per heavy atom. The summed E-state index contributed by atoms with van der Waals surface area (Å²) in [7, 11) is 0. The third kappa shape index (κ3) is 1.92. The molecule has 2 aromatic rings. The van der Waals surface area contributed by atoms with Gasteiger partial charge in [-0.15, -0.1) is 11.6 Å². The Bertz CT molecular complexity index is 508. The molecular weight excluding hydrogens is 216 g/mol. The van der Waals surface area contributed by atoms with E-state index in [1.165, 1.54) is 0 Å². The van der Waals surface area contributed by atoms with E-state index in [1.807, 2.05) is 13.1 Å². The fourth-order valence-corrected chi connectivity index (χ4v) is 1.31. The third-order valence-electron chi connectivity index (χ3n) is 1.88. The Hall–Kier alpha value is -1.62. The number of alkyl halides is 1. The lowest BCUT2D eigenvalue weighted by atomic mass is 10.4. The summed E-state index contributed by atoms with van der Waals surface area (Å²) >= 11 is 5.39. The minimum atomic E-state index is -0.269. The highest BCUT2D eigenvalue weighted by Gasteiger charge is 2.07. The van der Waals surface area contributed by atoms with Crippen LogP contribution >= 0.6 is 11.6 Å². The smallest absolute Gasteiger partial charge is 0.239 e. The van der Waals surface area contributed by atoms with Gasteiger partial charge in [-0.3, -0.25) is 4.79 Å². The Morgan fingerprint density at radius 3 is 3.13 bits per heavy atom. The van der Waals surface area contributed by atoms with E-state index in [0.29, 0.717) is 11.3 Å². The molecule has 0 radical (unpaired) electrons. The summed E-state index contributed by atoms with van der Waals surface area (Å²) in [4.78, 5) is 15.3. The number of fused-ring (bicyclic) bond motifs is 1. The van der Waals surface area contributed by atoms with E-state index in [0.717, 1.165) is 5.56 Å². The number of rotatable bonds is 2. The Kier molecular flexibility index (Phi) is 2.55. The van der Waals surface area contributed by atoms with Crippen molar-refractivity contribution in [3.63, 3.8) is 0 Å². The first-order valence-corrected chi connectivity index (χ1v) is 4.90. The van der Waals surface area contributed by atoms with Crippen molar-refractivity contribution in [2.75, 3.05) is 11.2 Å². The van der Waals surface area contributed by atoms with Crippen molar-refractivity contribution in [1.82, 2.24) is 14.6 Å². The molecule has 5 nitrogen and oxygen atoms in total. The Balaban J connectivity index is 2.41. The molecule has 0 fully saturated rings. The maximum absolute atomic E-state index is 11.1. The van der Waals surface area contributed by atoms with Crippen LogP contribution in [0.3, 0.4) is 0 Å². The van der Waals surface area contributed by atoms with E-state index < -0.39 is 0 Å². The van der Waals surface area contributed by atoms with Gasteiger partial charge in [0, 0.05) is 12.4 Å². The van der Waals surface area contributed by atoms with Gasteiger partial charge in [-0.25, -0.2) is 9.50 Å². The highest BCUT2D eigenvalue weighted by Crippen LogP contribution is 2.13. The predicted octanol–water partition coefficient (Wildman–Crippen LogP) is 1.22. The summed E-state index contributed by atoms with van der Waals surface area (Å²) in [6.45, 7) is 1.92. The number of aromatic nitrogens is 3. The number of anilines is 1. The minimum Gasteiger partial charge on any atom is -0.321 e. The summed E-state index contributed by atoms with van der Waals surface area (Å²) < 4.78 is 1.61. The molecule has 0 atom stereocenters. The highest BCUT2D eigenvalue weighted by atomic mass is 35.5. The first kappa shape index (κ1) is 9.92. The van der Waals surface area contributed by atoms with Gasteiger partial charge >= 0.3 is 0 Å². The molecule has 0 aliphatic rings. The number of nitrogens with zero attached hydrogens (tertiary/aromatic N) is 3. The molecule has 0 unspecified atom stereocenters. The van der Waals surface area contributed by atoms with E-state index in [-0.39, 0.29) is 11.8 Å². The van der Waals surface area contributed by atoms with Crippen molar-refractivity contribution in [1.29, 1.82) is 0 Å². The summed E-state index contributed by atoms with van der Waals surface area (Å²) in [5, 5.41) is 6.68. The van der Waals surface area contributed by atoms with Gasteiger partial charge in [0.2, 0.25) is 5.91 Å². The molecular formula is C9H9ClN4O. The fraction of sp³-hybridized carbons (Fsp3) is 0.222. The number of amides is 1. The zero-order valence-electron chi connectivity index (χ0n) is 8.07. The van der Waals surface area contributed by atoms with Crippen LogP contribution in [0.1, 0.15) is 5.56 Å². The number of carbonyl (C=O) groups excluding carboxylic acids is 1. The number of halogens is 1. The molecule has 0 aromatic carbocycles. The van der Waals surface area contributed by atoms with E-state index in [4.69, 9.17) is 11.6 Å². The first-order chi connectivity index (χ1) is 7.20. The van der Waals surface area contributed by atoms with Crippen LogP contribution in [0.15, 0.2) is 18.6 Å². The summed E-state index contributed by atoms with van der Waals surface area (Å²) in [6, 6.07) is 0. The monoisotopic (exact) mass is 224 g/mol. The first-order valence-electron chi connectivity index (χ1n) is 4.36. The molecule has 6 heteroatoms. The normalized spacial score (nSPS) is 10.5. The molecule has 2 rings (SSSR count). The van der Waals surface area contributed by atoms with Crippen molar-refractivity contribution in [2.45, 2.75) is 6.92 Å². The maximum Gasteiger partial charge on any atom is 0.239 e. The van der Waals surface area contributed by atoms with Crippen LogP contribution in [-0.2, 0) is 4.79 Å². The van der Waals surface area contributed by atoms with Gasteiger partial charge in [-0.2, -0.15) is 5.10 Å². The van der Waals surface area contributed by atoms with Crippen LogP contribution in [0.25, 0.3) is 5.65 Å². The molecule has 0 saturated heterocycles. The quantitative estimate of drug-likeness (QED) is 0.781. The molecule has 15 heavy (non-hydrogen) atoms. The standard InChI is InChI=1S/C9H9ClN4O/c1-6-3-11-9-7(13-8(15)2-10)4-12-14(9)5-6/h3-5H,2H2,1H3,(H,13,15). The minimum absolute atomic E-state index is 0.0802. The maximum atomic E-state index is 11.1. The molecule has 2 aromatic heterocycles. The summed E-state index contributed by atoms with van der Waals surface area (Å²) in [6.07, 6.45) is 5.10. The molecule has 0 bridgehead atoms. The number of nitrogens with one attached hydrogen (secondary N) is 1. The van der Waals surface area contributed by atoms with E-state index in [2.05, 4.69) is 15.4 Å². The van der Waals surface area contributed by atoms with Gasteiger partial charge in [0.1, 0.15) is 11.6 Å². The number of hydrogen-bond donors (Lipinski definition) is 1. The average molecular weight is 225 g/mol. The molecule has 2 heterocycles. The highest BCUT2D eigenvalue weighted by molar-refractivity contribution is 6.29.